The van der Waals surface area contributed by atoms with Gasteiger partial charge in [0.15, 0.2) is 6.23 Å². The molecule has 12 heteroatoms. The molecule has 0 spiro atoms. The summed E-state index contributed by atoms with van der Waals surface area (Å²) in [7, 11) is 0. The van der Waals surface area contributed by atoms with Gasteiger partial charge in [-0.15, -0.1) is 5.10 Å². The molecule has 34 heavy (non-hydrogen) atoms. The van der Waals surface area contributed by atoms with Crippen LogP contribution in [0, 0.1) is 17.1 Å². The third-order valence-corrected chi connectivity index (χ3v) is 5.81. The summed E-state index contributed by atoms with van der Waals surface area (Å²) >= 11 is 0. The minimum absolute atomic E-state index is 0.138. The van der Waals surface area contributed by atoms with E-state index in [-0.39, 0.29) is 17.8 Å². The Morgan fingerprint density at radius 3 is 2.56 bits per heavy atom. The van der Waals surface area contributed by atoms with Gasteiger partial charge in [-0.2, -0.15) is 18.4 Å². The van der Waals surface area contributed by atoms with Crippen LogP contribution < -0.4 is 4.90 Å². The van der Waals surface area contributed by atoms with Crippen LogP contribution in [0.3, 0.4) is 0 Å². The van der Waals surface area contributed by atoms with Gasteiger partial charge in [0.25, 0.3) is 0 Å². The van der Waals surface area contributed by atoms with Crippen LogP contribution >= 0.6 is 0 Å². The van der Waals surface area contributed by atoms with Crippen LogP contribution in [-0.2, 0) is 12.7 Å². The number of aromatic amines is 1. The van der Waals surface area contributed by atoms with E-state index in [0.29, 0.717) is 17.3 Å². The molecule has 2 amide bonds. The molecule has 1 atom stereocenters. The maximum absolute atomic E-state index is 14.8. The SMILES string of the molecule is CC1(C)C(O)N(c2ccc(C#N)c(C(F)(F)F)c2)C(=O)N1Cc1ccc(-c2c[nH]nn2)cc1F. The zero-order chi connectivity index (χ0) is 24.8. The largest absolute Gasteiger partial charge is 0.417 e. The lowest BCUT2D eigenvalue weighted by Crippen LogP contribution is -2.46. The fraction of sp³-hybridized carbons (Fsp3) is 0.273. The van der Waals surface area contributed by atoms with Crippen molar-refractivity contribution >= 4 is 11.7 Å². The highest BCUT2D eigenvalue weighted by Crippen LogP contribution is 2.40. The Bertz CT molecular complexity index is 1280. The van der Waals surface area contributed by atoms with Crippen LogP contribution in [0.2, 0.25) is 0 Å². The summed E-state index contributed by atoms with van der Waals surface area (Å²) in [6.07, 6.45) is -4.88. The Hall–Kier alpha value is -3.98. The first-order valence-corrected chi connectivity index (χ1v) is 10.0. The van der Waals surface area contributed by atoms with E-state index in [0.717, 1.165) is 17.0 Å². The number of H-pyrrole nitrogens is 1. The van der Waals surface area contributed by atoms with Crippen molar-refractivity contribution in [2.45, 2.75) is 38.3 Å². The minimum Gasteiger partial charge on any atom is -0.371 e. The van der Waals surface area contributed by atoms with Gasteiger partial charge in [-0.3, -0.25) is 10.00 Å². The summed E-state index contributed by atoms with van der Waals surface area (Å²) in [6.45, 7) is 2.80. The van der Waals surface area contributed by atoms with Crippen molar-refractivity contribution < 1.29 is 27.5 Å². The summed E-state index contributed by atoms with van der Waals surface area (Å²) in [5.41, 5.74) is -2.33. The van der Waals surface area contributed by atoms with E-state index >= 15 is 0 Å². The number of hydrogen-bond donors (Lipinski definition) is 2. The highest BCUT2D eigenvalue weighted by atomic mass is 19.4. The molecule has 1 aliphatic heterocycles. The Morgan fingerprint density at radius 1 is 1.24 bits per heavy atom. The standard InChI is InChI=1S/C22H18F4N6O2/c1-21(2)19(33)32(15-6-5-13(9-27)16(8-15)22(24,25)26)20(34)31(21)11-14-4-3-12(7-17(14)23)18-10-28-30-29-18/h3-8,10,19,33H,11H2,1-2H3,(H,28,29,30). The number of benzene rings is 2. The lowest BCUT2D eigenvalue weighted by molar-refractivity contribution is -0.137. The fourth-order valence-corrected chi connectivity index (χ4v) is 3.82. The number of nitrogens with one attached hydrogen (secondary N) is 1. The molecule has 8 nitrogen and oxygen atoms in total. The maximum Gasteiger partial charge on any atom is 0.417 e. The number of anilines is 1. The van der Waals surface area contributed by atoms with Crippen LogP contribution in [-0.4, -0.2) is 43.2 Å². The van der Waals surface area contributed by atoms with E-state index < -0.39 is 40.9 Å². The lowest BCUT2D eigenvalue weighted by atomic mass is 10.0. The highest BCUT2D eigenvalue weighted by Gasteiger charge is 2.52. The predicted molar refractivity (Wildman–Crippen MR) is 111 cm³/mol. The molecule has 0 saturated carbocycles. The van der Waals surface area contributed by atoms with Gasteiger partial charge < -0.3 is 10.0 Å². The molecule has 0 bridgehead atoms. The van der Waals surface area contributed by atoms with Gasteiger partial charge in [0, 0.05) is 23.0 Å². The van der Waals surface area contributed by atoms with Gasteiger partial charge in [0.1, 0.15) is 11.5 Å². The molecular weight excluding hydrogens is 456 g/mol. The molecule has 1 aliphatic rings. The van der Waals surface area contributed by atoms with Gasteiger partial charge in [0.2, 0.25) is 0 Å². The Morgan fingerprint density at radius 2 is 1.97 bits per heavy atom. The smallest absolute Gasteiger partial charge is 0.371 e. The Labute approximate surface area is 191 Å². The Balaban J connectivity index is 1.67. The molecule has 3 aromatic rings. The van der Waals surface area contributed by atoms with Gasteiger partial charge in [-0.1, -0.05) is 17.3 Å². The number of nitriles is 1. The molecule has 1 fully saturated rings. The third kappa shape index (κ3) is 3.84. The summed E-state index contributed by atoms with van der Waals surface area (Å²) in [4.78, 5) is 15.2. The van der Waals surface area contributed by atoms with E-state index in [1.807, 2.05) is 0 Å². The number of alkyl halides is 3. The van der Waals surface area contributed by atoms with Crippen LogP contribution in [0.4, 0.5) is 28.0 Å². The van der Waals surface area contributed by atoms with Gasteiger partial charge in [-0.05, 0) is 38.1 Å². The number of aliphatic hydroxyl groups excluding tert-OH is 1. The number of urea groups is 1. The van der Waals surface area contributed by atoms with Crippen LogP contribution in [0.15, 0.2) is 42.6 Å². The second kappa shape index (κ2) is 8.11. The van der Waals surface area contributed by atoms with Crippen molar-refractivity contribution in [3.05, 3.63) is 65.1 Å². The monoisotopic (exact) mass is 474 g/mol. The number of carbonyl (C=O) groups is 1. The molecule has 2 N–H and O–H groups in total. The number of rotatable bonds is 4. The maximum atomic E-state index is 14.8. The molecular formula is C22H18F4N6O2. The lowest BCUT2D eigenvalue weighted by Gasteiger charge is -2.32. The summed E-state index contributed by atoms with van der Waals surface area (Å²) in [5.74, 6) is -0.630. The quantitative estimate of drug-likeness (QED) is 0.555. The molecule has 2 aromatic carbocycles. The number of carbonyl (C=O) groups excluding carboxylic acids is 1. The van der Waals surface area contributed by atoms with Gasteiger partial charge in [-0.25, -0.2) is 9.18 Å². The van der Waals surface area contributed by atoms with E-state index in [9.17, 15) is 27.5 Å². The minimum atomic E-state index is -4.83. The first-order valence-electron chi connectivity index (χ1n) is 10.0. The molecule has 1 saturated heterocycles. The molecule has 0 radical (unpaired) electrons. The molecule has 0 aliphatic carbocycles. The topological polar surface area (TPSA) is 109 Å². The summed E-state index contributed by atoms with van der Waals surface area (Å²) in [6, 6.07) is 7.68. The van der Waals surface area contributed by atoms with Crippen molar-refractivity contribution in [2.24, 2.45) is 0 Å². The van der Waals surface area contributed by atoms with Crippen molar-refractivity contribution in [1.82, 2.24) is 20.3 Å². The van der Waals surface area contributed by atoms with Gasteiger partial charge in [0.05, 0.1) is 29.3 Å². The first-order chi connectivity index (χ1) is 15.9. The third-order valence-electron chi connectivity index (χ3n) is 5.81. The normalized spacial score (nSPS) is 17.8. The second-order valence-corrected chi connectivity index (χ2v) is 8.27. The number of halogens is 4. The summed E-state index contributed by atoms with van der Waals surface area (Å²) in [5, 5.41) is 29.8. The number of aliphatic hydroxyl groups is 1. The zero-order valence-electron chi connectivity index (χ0n) is 17.9. The molecule has 2 heterocycles. The Kier molecular flexibility index (Phi) is 5.53. The number of aromatic nitrogens is 3. The van der Waals surface area contributed by atoms with Gasteiger partial charge >= 0.3 is 12.2 Å². The van der Waals surface area contributed by atoms with E-state index in [4.69, 9.17) is 5.26 Å². The fourth-order valence-electron chi connectivity index (χ4n) is 3.82. The van der Waals surface area contributed by atoms with E-state index in [2.05, 4.69) is 15.4 Å². The predicted octanol–water partition coefficient (Wildman–Crippen LogP) is 4.04. The first kappa shape index (κ1) is 23.2. The summed E-state index contributed by atoms with van der Waals surface area (Å²) < 4.78 is 55.1. The number of hydrogen-bond acceptors (Lipinski definition) is 5. The van der Waals surface area contributed by atoms with Crippen LogP contribution in [0.5, 0.6) is 0 Å². The number of nitrogens with zero attached hydrogens (tertiary/aromatic N) is 5. The van der Waals surface area contributed by atoms with Crippen molar-refractivity contribution in [2.75, 3.05) is 4.90 Å². The van der Waals surface area contributed by atoms with Crippen molar-refractivity contribution in [3.63, 3.8) is 0 Å². The molecule has 1 aromatic heterocycles. The van der Waals surface area contributed by atoms with Crippen LogP contribution in [0.25, 0.3) is 11.3 Å². The molecule has 1 unspecified atom stereocenters. The highest BCUT2D eigenvalue weighted by molar-refractivity contribution is 5.96. The van der Waals surface area contributed by atoms with Crippen molar-refractivity contribution in [3.8, 4) is 17.3 Å². The van der Waals surface area contributed by atoms with Crippen LogP contribution in [0.1, 0.15) is 30.5 Å². The van der Waals surface area contributed by atoms with E-state index in [1.54, 1.807) is 6.07 Å². The van der Waals surface area contributed by atoms with E-state index in [1.165, 1.54) is 43.1 Å². The zero-order valence-corrected chi connectivity index (χ0v) is 17.9. The second-order valence-electron chi connectivity index (χ2n) is 8.27. The van der Waals surface area contributed by atoms with Crippen molar-refractivity contribution in [1.29, 1.82) is 5.26 Å². The average Bonchev–Trinajstić information content (AvgIpc) is 3.37. The molecule has 176 valence electrons. The molecule has 4 rings (SSSR count). The average molecular weight is 474 g/mol. The number of amides is 2.